The normalized spacial score (nSPS) is 11.9. The summed E-state index contributed by atoms with van der Waals surface area (Å²) in [4.78, 5) is 10.8. The highest BCUT2D eigenvalue weighted by atomic mass is 35.5. The van der Waals surface area contributed by atoms with E-state index in [0.717, 1.165) is 17.7 Å². The van der Waals surface area contributed by atoms with Crippen molar-refractivity contribution in [1.29, 1.82) is 0 Å². The van der Waals surface area contributed by atoms with Crippen LogP contribution in [0.15, 0.2) is 48.5 Å². The van der Waals surface area contributed by atoms with Gasteiger partial charge in [-0.3, -0.25) is 0 Å². The fraction of sp³-hybridized carbons (Fsp3) is 0.188. The number of carbonyl (C=O) groups is 1. The van der Waals surface area contributed by atoms with Gasteiger partial charge >= 0.3 is 5.97 Å². The maximum atomic E-state index is 10.8. The molecule has 0 aromatic heterocycles. The SMILES string of the molecule is CCC(Nc1ccc(C(=O)O)cc1)c1cccc(Cl)c1. The fourth-order valence-corrected chi connectivity index (χ4v) is 2.25. The first-order valence-electron chi connectivity index (χ1n) is 6.45. The van der Waals surface area contributed by atoms with E-state index in [1.54, 1.807) is 24.3 Å². The molecule has 1 atom stereocenters. The maximum absolute atomic E-state index is 10.8. The molecule has 0 saturated heterocycles. The van der Waals surface area contributed by atoms with Gasteiger partial charge in [0.15, 0.2) is 0 Å². The number of carboxylic acid groups (broad SMARTS) is 1. The second-order valence-corrected chi connectivity index (χ2v) is 4.98. The number of anilines is 1. The number of halogens is 1. The molecule has 0 saturated carbocycles. The minimum atomic E-state index is -0.918. The van der Waals surface area contributed by atoms with E-state index in [4.69, 9.17) is 16.7 Å². The molecule has 2 aromatic rings. The Balaban J connectivity index is 2.16. The molecule has 0 aliphatic carbocycles. The Labute approximate surface area is 123 Å². The molecule has 20 heavy (non-hydrogen) atoms. The van der Waals surface area contributed by atoms with E-state index >= 15 is 0 Å². The molecule has 2 aromatic carbocycles. The van der Waals surface area contributed by atoms with Crippen LogP contribution >= 0.6 is 11.6 Å². The van der Waals surface area contributed by atoms with Crippen molar-refractivity contribution in [2.24, 2.45) is 0 Å². The monoisotopic (exact) mass is 289 g/mol. The third-order valence-electron chi connectivity index (χ3n) is 3.13. The van der Waals surface area contributed by atoms with E-state index in [1.165, 1.54) is 0 Å². The van der Waals surface area contributed by atoms with Gasteiger partial charge in [-0.25, -0.2) is 4.79 Å². The summed E-state index contributed by atoms with van der Waals surface area (Å²) in [7, 11) is 0. The average Bonchev–Trinajstić information content (AvgIpc) is 2.45. The molecular formula is C16H16ClNO2. The van der Waals surface area contributed by atoms with E-state index < -0.39 is 5.97 Å². The highest BCUT2D eigenvalue weighted by Gasteiger charge is 2.10. The minimum Gasteiger partial charge on any atom is -0.478 e. The Morgan fingerprint density at radius 3 is 2.50 bits per heavy atom. The first-order valence-corrected chi connectivity index (χ1v) is 6.83. The van der Waals surface area contributed by atoms with Crippen LogP contribution in [0.4, 0.5) is 5.69 Å². The summed E-state index contributed by atoms with van der Waals surface area (Å²) >= 11 is 6.01. The van der Waals surface area contributed by atoms with Crippen molar-refractivity contribution in [2.45, 2.75) is 19.4 Å². The second-order valence-electron chi connectivity index (χ2n) is 4.54. The predicted octanol–water partition coefficient (Wildman–Crippen LogP) is 4.60. The Morgan fingerprint density at radius 1 is 1.25 bits per heavy atom. The fourth-order valence-electron chi connectivity index (χ4n) is 2.05. The Bertz CT molecular complexity index is 596. The molecule has 0 radical (unpaired) electrons. The highest BCUT2D eigenvalue weighted by Crippen LogP contribution is 2.24. The lowest BCUT2D eigenvalue weighted by molar-refractivity contribution is 0.0697. The molecule has 0 aliphatic rings. The lowest BCUT2D eigenvalue weighted by Gasteiger charge is -2.19. The number of rotatable bonds is 5. The van der Waals surface area contributed by atoms with Gasteiger partial charge < -0.3 is 10.4 Å². The van der Waals surface area contributed by atoms with E-state index in [1.807, 2.05) is 24.3 Å². The van der Waals surface area contributed by atoms with Gasteiger partial charge in [0, 0.05) is 10.7 Å². The molecule has 2 rings (SSSR count). The van der Waals surface area contributed by atoms with Crippen LogP contribution in [0.5, 0.6) is 0 Å². The zero-order valence-electron chi connectivity index (χ0n) is 11.1. The number of benzene rings is 2. The summed E-state index contributed by atoms with van der Waals surface area (Å²) < 4.78 is 0. The van der Waals surface area contributed by atoms with Crippen molar-refractivity contribution < 1.29 is 9.90 Å². The highest BCUT2D eigenvalue weighted by molar-refractivity contribution is 6.30. The zero-order chi connectivity index (χ0) is 14.5. The summed E-state index contributed by atoms with van der Waals surface area (Å²) in [6.07, 6.45) is 0.904. The Kier molecular flexibility index (Phi) is 4.64. The van der Waals surface area contributed by atoms with Crippen LogP contribution in [0.3, 0.4) is 0 Å². The van der Waals surface area contributed by atoms with Crippen LogP contribution in [0.2, 0.25) is 5.02 Å². The van der Waals surface area contributed by atoms with Gasteiger partial charge in [0.25, 0.3) is 0 Å². The van der Waals surface area contributed by atoms with E-state index in [0.29, 0.717) is 5.02 Å². The standard InChI is InChI=1S/C16H16ClNO2/c1-2-15(12-4-3-5-13(17)10-12)18-14-8-6-11(7-9-14)16(19)20/h3-10,15,18H,2H2,1H3,(H,19,20). The summed E-state index contributed by atoms with van der Waals surface area (Å²) in [6, 6.07) is 14.6. The van der Waals surface area contributed by atoms with Crippen LogP contribution in [-0.2, 0) is 0 Å². The average molecular weight is 290 g/mol. The molecule has 4 heteroatoms. The van der Waals surface area contributed by atoms with Crippen molar-refractivity contribution in [3.63, 3.8) is 0 Å². The summed E-state index contributed by atoms with van der Waals surface area (Å²) in [5.74, 6) is -0.918. The molecule has 0 amide bonds. The van der Waals surface area contributed by atoms with Crippen molar-refractivity contribution in [2.75, 3.05) is 5.32 Å². The summed E-state index contributed by atoms with van der Waals surface area (Å²) in [5.41, 5.74) is 2.29. The van der Waals surface area contributed by atoms with Crippen LogP contribution in [0.1, 0.15) is 35.3 Å². The van der Waals surface area contributed by atoms with E-state index in [2.05, 4.69) is 12.2 Å². The quantitative estimate of drug-likeness (QED) is 0.845. The van der Waals surface area contributed by atoms with Gasteiger partial charge in [-0.15, -0.1) is 0 Å². The van der Waals surface area contributed by atoms with Crippen molar-refractivity contribution in [3.8, 4) is 0 Å². The number of hydrogen-bond acceptors (Lipinski definition) is 2. The third kappa shape index (κ3) is 3.52. The summed E-state index contributed by atoms with van der Waals surface area (Å²) in [6.45, 7) is 2.09. The van der Waals surface area contributed by atoms with Gasteiger partial charge in [-0.2, -0.15) is 0 Å². The smallest absolute Gasteiger partial charge is 0.335 e. The van der Waals surface area contributed by atoms with E-state index in [-0.39, 0.29) is 11.6 Å². The number of nitrogens with one attached hydrogen (secondary N) is 1. The zero-order valence-corrected chi connectivity index (χ0v) is 11.9. The van der Waals surface area contributed by atoms with Crippen molar-refractivity contribution in [1.82, 2.24) is 0 Å². The molecule has 2 N–H and O–H groups in total. The first kappa shape index (κ1) is 14.4. The van der Waals surface area contributed by atoms with Crippen LogP contribution < -0.4 is 5.32 Å². The Hall–Kier alpha value is -2.00. The minimum absolute atomic E-state index is 0.143. The predicted molar refractivity (Wildman–Crippen MR) is 81.5 cm³/mol. The molecule has 0 aliphatic heterocycles. The van der Waals surface area contributed by atoms with Gasteiger partial charge in [-0.1, -0.05) is 30.7 Å². The maximum Gasteiger partial charge on any atom is 0.335 e. The molecule has 0 fully saturated rings. The van der Waals surface area contributed by atoms with Crippen LogP contribution in [0, 0.1) is 0 Å². The molecular weight excluding hydrogens is 274 g/mol. The number of aromatic carboxylic acids is 1. The molecule has 0 spiro atoms. The largest absolute Gasteiger partial charge is 0.478 e. The van der Waals surface area contributed by atoms with Gasteiger partial charge in [-0.05, 0) is 48.4 Å². The molecule has 3 nitrogen and oxygen atoms in total. The molecule has 0 bridgehead atoms. The number of carboxylic acids is 1. The van der Waals surface area contributed by atoms with Crippen molar-refractivity contribution in [3.05, 3.63) is 64.7 Å². The molecule has 0 heterocycles. The molecule has 104 valence electrons. The topological polar surface area (TPSA) is 49.3 Å². The lowest BCUT2D eigenvalue weighted by Crippen LogP contribution is -2.09. The summed E-state index contributed by atoms with van der Waals surface area (Å²) in [5, 5.41) is 13.0. The van der Waals surface area contributed by atoms with Crippen molar-refractivity contribution >= 4 is 23.3 Å². The van der Waals surface area contributed by atoms with E-state index in [9.17, 15) is 4.79 Å². The number of hydrogen-bond donors (Lipinski definition) is 2. The van der Waals surface area contributed by atoms with Gasteiger partial charge in [0.05, 0.1) is 11.6 Å². The van der Waals surface area contributed by atoms with Crippen LogP contribution in [-0.4, -0.2) is 11.1 Å². The Morgan fingerprint density at radius 2 is 1.95 bits per heavy atom. The van der Waals surface area contributed by atoms with Crippen LogP contribution in [0.25, 0.3) is 0 Å². The third-order valence-corrected chi connectivity index (χ3v) is 3.37. The van der Waals surface area contributed by atoms with Gasteiger partial charge in [0.2, 0.25) is 0 Å². The lowest BCUT2D eigenvalue weighted by atomic mass is 10.0. The first-order chi connectivity index (χ1) is 9.60. The molecule has 1 unspecified atom stereocenters. The second kappa shape index (κ2) is 6.44. The van der Waals surface area contributed by atoms with Gasteiger partial charge in [0.1, 0.15) is 0 Å².